The van der Waals surface area contributed by atoms with Gasteiger partial charge in [0.05, 0.1) is 6.10 Å². The van der Waals surface area contributed by atoms with Gasteiger partial charge >= 0.3 is 5.97 Å². The number of carbonyl (C=O) groups excluding carboxylic acids is 1. The average Bonchev–Trinajstić information content (AvgIpc) is 2.71. The number of rotatable bonds is 2. The van der Waals surface area contributed by atoms with Crippen molar-refractivity contribution >= 4 is 11.9 Å². The molecule has 2 unspecified atom stereocenters. The molecule has 2 atom stereocenters. The topological polar surface area (TPSA) is 118 Å². The van der Waals surface area contributed by atoms with E-state index in [0.29, 0.717) is 0 Å². The molecular weight excluding hydrogens is 254 g/mol. The molecule has 1 heterocycles. The van der Waals surface area contributed by atoms with Crippen molar-refractivity contribution in [3.8, 4) is 11.5 Å². The molecule has 1 fully saturated rings. The van der Waals surface area contributed by atoms with Gasteiger partial charge in [0.25, 0.3) is 5.91 Å². The highest BCUT2D eigenvalue weighted by atomic mass is 16.4. The van der Waals surface area contributed by atoms with Gasteiger partial charge in [0.2, 0.25) is 0 Å². The Kier molecular flexibility index (Phi) is 3.30. The van der Waals surface area contributed by atoms with E-state index in [9.17, 15) is 24.9 Å². The van der Waals surface area contributed by atoms with Crippen molar-refractivity contribution in [2.75, 3.05) is 6.54 Å². The number of benzene rings is 1. The molecule has 1 aliphatic heterocycles. The number of β-amino-alcohol motifs (C(OH)–C–C–N with tert-alkyl or cyclic N) is 1. The number of carbonyl (C=O) groups is 2. The first kappa shape index (κ1) is 13.2. The van der Waals surface area contributed by atoms with Crippen LogP contribution >= 0.6 is 0 Å². The maximum atomic E-state index is 12.2. The maximum Gasteiger partial charge on any atom is 0.326 e. The third-order valence-corrected chi connectivity index (χ3v) is 3.06. The van der Waals surface area contributed by atoms with E-state index in [2.05, 4.69) is 0 Å². The Morgan fingerprint density at radius 3 is 2.32 bits per heavy atom. The van der Waals surface area contributed by atoms with E-state index < -0.39 is 35.5 Å². The van der Waals surface area contributed by atoms with E-state index in [0.717, 1.165) is 4.90 Å². The number of likely N-dealkylation sites (tertiary alicyclic amines) is 1. The molecule has 19 heavy (non-hydrogen) atoms. The maximum absolute atomic E-state index is 12.2. The molecule has 1 aliphatic rings. The van der Waals surface area contributed by atoms with Gasteiger partial charge in [-0.15, -0.1) is 0 Å². The quantitative estimate of drug-likeness (QED) is 0.587. The first-order valence-electron chi connectivity index (χ1n) is 5.64. The van der Waals surface area contributed by atoms with Crippen LogP contribution in [0.4, 0.5) is 0 Å². The second kappa shape index (κ2) is 4.77. The average molecular weight is 267 g/mol. The molecule has 2 rings (SSSR count). The molecule has 0 radical (unpaired) electrons. The first-order valence-corrected chi connectivity index (χ1v) is 5.64. The van der Waals surface area contributed by atoms with Crippen molar-refractivity contribution < 1.29 is 30.0 Å². The summed E-state index contributed by atoms with van der Waals surface area (Å²) in [5.74, 6) is -2.93. The zero-order chi connectivity index (χ0) is 14.2. The van der Waals surface area contributed by atoms with Gasteiger partial charge in [-0.25, -0.2) is 4.79 Å². The van der Waals surface area contributed by atoms with E-state index in [1.165, 1.54) is 18.2 Å². The van der Waals surface area contributed by atoms with Crippen LogP contribution in [0.3, 0.4) is 0 Å². The number of carboxylic acids is 1. The van der Waals surface area contributed by atoms with Crippen LogP contribution in [0, 0.1) is 0 Å². The summed E-state index contributed by atoms with van der Waals surface area (Å²) < 4.78 is 0. The van der Waals surface area contributed by atoms with Gasteiger partial charge in [0, 0.05) is 13.0 Å². The molecule has 0 bridgehead atoms. The molecule has 1 saturated heterocycles. The molecule has 7 nitrogen and oxygen atoms in total. The van der Waals surface area contributed by atoms with Crippen LogP contribution in [0.15, 0.2) is 18.2 Å². The second-order valence-electron chi connectivity index (χ2n) is 4.37. The fraction of sp³-hybridized carbons (Fsp3) is 0.333. The smallest absolute Gasteiger partial charge is 0.326 e. The van der Waals surface area contributed by atoms with Crippen LogP contribution in [-0.2, 0) is 4.79 Å². The normalized spacial score (nSPS) is 22.5. The minimum atomic E-state index is -1.24. The molecule has 7 heteroatoms. The number of aliphatic hydroxyl groups is 1. The van der Waals surface area contributed by atoms with E-state index in [-0.39, 0.29) is 18.5 Å². The van der Waals surface area contributed by atoms with E-state index in [1.54, 1.807) is 0 Å². The number of phenols is 2. The van der Waals surface area contributed by atoms with Crippen molar-refractivity contribution in [3.05, 3.63) is 23.8 Å². The Balaban J connectivity index is 2.36. The van der Waals surface area contributed by atoms with Gasteiger partial charge in [0.1, 0.15) is 23.1 Å². The van der Waals surface area contributed by atoms with Crippen molar-refractivity contribution in [2.45, 2.75) is 18.6 Å². The fourth-order valence-corrected chi connectivity index (χ4v) is 2.16. The SMILES string of the molecule is O=C(O)C1CC(O)CN1C(=O)c1c(O)cccc1O. The third-order valence-electron chi connectivity index (χ3n) is 3.06. The van der Waals surface area contributed by atoms with Crippen molar-refractivity contribution in [3.63, 3.8) is 0 Å². The van der Waals surface area contributed by atoms with Gasteiger partial charge < -0.3 is 25.3 Å². The minimum Gasteiger partial charge on any atom is -0.507 e. The third kappa shape index (κ3) is 2.32. The van der Waals surface area contributed by atoms with Gasteiger partial charge in [-0.2, -0.15) is 0 Å². The number of hydrogen-bond acceptors (Lipinski definition) is 5. The minimum absolute atomic E-state index is 0.0740. The van der Waals surface area contributed by atoms with E-state index >= 15 is 0 Å². The number of aliphatic hydroxyl groups excluding tert-OH is 1. The number of amides is 1. The van der Waals surface area contributed by atoms with Crippen LogP contribution in [0.5, 0.6) is 11.5 Å². The summed E-state index contributed by atoms with van der Waals surface area (Å²) in [6.45, 7) is -0.149. The van der Waals surface area contributed by atoms with Crippen LogP contribution in [0.2, 0.25) is 0 Å². The Hall–Kier alpha value is -2.28. The van der Waals surface area contributed by atoms with Crippen molar-refractivity contribution in [1.82, 2.24) is 4.90 Å². The van der Waals surface area contributed by atoms with Gasteiger partial charge in [-0.1, -0.05) is 6.07 Å². The lowest BCUT2D eigenvalue weighted by atomic mass is 10.1. The van der Waals surface area contributed by atoms with Crippen LogP contribution in [0.25, 0.3) is 0 Å². The summed E-state index contributed by atoms with van der Waals surface area (Å²) in [5, 5.41) is 37.7. The summed E-state index contributed by atoms with van der Waals surface area (Å²) in [4.78, 5) is 24.1. The van der Waals surface area contributed by atoms with Gasteiger partial charge in [-0.05, 0) is 12.1 Å². The number of carboxylic acid groups (broad SMARTS) is 1. The summed E-state index contributed by atoms with van der Waals surface area (Å²) in [7, 11) is 0. The number of hydrogen-bond donors (Lipinski definition) is 4. The highest BCUT2D eigenvalue weighted by Gasteiger charge is 2.40. The highest BCUT2D eigenvalue weighted by molar-refractivity contribution is 6.01. The summed E-state index contributed by atoms with van der Waals surface area (Å²) >= 11 is 0. The zero-order valence-corrected chi connectivity index (χ0v) is 9.85. The summed E-state index contributed by atoms with van der Waals surface area (Å²) in [6, 6.07) is 2.63. The highest BCUT2D eigenvalue weighted by Crippen LogP contribution is 2.30. The molecule has 0 spiro atoms. The van der Waals surface area contributed by atoms with Crippen LogP contribution < -0.4 is 0 Å². The number of aromatic hydroxyl groups is 2. The molecule has 4 N–H and O–H groups in total. The Bertz CT molecular complexity index is 509. The lowest BCUT2D eigenvalue weighted by Gasteiger charge is -2.21. The monoisotopic (exact) mass is 267 g/mol. The lowest BCUT2D eigenvalue weighted by Crippen LogP contribution is -2.40. The lowest BCUT2D eigenvalue weighted by molar-refractivity contribution is -0.141. The molecule has 0 aliphatic carbocycles. The van der Waals surface area contributed by atoms with Crippen LogP contribution in [-0.4, -0.2) is 55.9 Å². The fourth-order valence-electron chi connectivity index (χ4n) is 2.16. The molecule has 1 aromatic carbocycles. The van der Waals surface area contributed by atoms with Gasteiger partial charge in [-0.3, -0.25) is 4.79 Å². The molecule has 1 amide bonds. The van der Waals surface area contributed by atoms with Crippen LogP contribution in [0.1, 0.15) is 16.8 Å². The Labute approximate surface area is 108 Å². The van der Waals surface area contributed by atoms with Crippen molar-refractivity contribution in [1.29, 1.82) is 0 Å². The molecule has 0 aromatic heterocycles. The second-order valence-corrected chi connectivity index (χ2v) is 4.37. The Morgan fingerprint density at radius 1 is 1.21 bits per heavy atom. The molecule has 0 saturated carbocycles. The summed E-state index contributed by atoms with van der Waals surface area (Å²) in [5.41, 5.74) is -0.358. The molecular formula is C12H13NO6. The number of nitrogens with zero attached hydrogens (tertiary/aromatic N) is 1. The number of phenolic OH excluding ortho intramolecular Hbond substituents is 2. The Morgan fingerprint density at radius 2 is 1.79 bits per heavy atom. The van der Waals surface area contributed by atoms with Crippen molar-refractivity contribution in [2.24, 2.45) is 0 Å². The zero-order valence-electron chi connectivity index (χ0n) is 9.85. The van der Waals surface area contributed by atoms with E-state index in [4.69, 9.17) is 5.11 Å². The molecule has 1 aromatic rings. The number of aliphatic carboxylic acids is 1. The van der Waals surface area contributed by atoms with Gasteiger partial charge in [0.15, 0.2) is 0 Å². The predicted octanol–water partition coefficient (Wildman–Crippen LogP) is -0.242. The predicted molar refractivity (Wildman–Crippen MR) is 62.9 cm³/mol. The first-order chi connectivity index (χ1) is 8.91. The largest absolute Gasteiger partial charge is 0.507 e. The summed E-state index contributed by atoms with van der Waals surface area (Å²) in [6.07, 6.45) is -1.01. The standard InChI is InChI=1S/C12H13NO6/c14-6-4-7(12(18)19)13(5-6)11(17)10-8(15)2-1-3-9(10)16/h1-3,6-7,14-16H,4-5H2,(H,18,19). The van der Waals surface area contributed by atoms with E-state index in [1.807, 2.05) is 0 Å². The molecule has 102 valence electrons.